The highest BCUT2D eigenvalue weighted by molar-refractivity contribution is 7.99. The molecule has 0 amide bonds. The van der Waals surface area contributed by atoms with Gasteiger partial charge in [0.05, 0.1) is 0 Å². The van der Waals surface area contributed by atoms with Crippen LogP contribution in [0.5, 0.6) is 0 Å². The first-order chi connectivity index (χ1) is 5.98. The second kappa shape index (κ2) is 6.50. The van der Waals surface area contributed by atoms with Crippen LogP contribution in [0.25, 0.3) is 0 Å². The molecule has 1 atom stereocenters. The van der Waals surface area contributed by atoms with Crippen LogP contribution in [0.15, 0.2) is 0 Å². The Balaban J connectivity index is 3.32. The summed E-state index contributed by atoms with van der Waals surface area (Å²) in [5.74, 6) is 1.71. The van der Waals surface area contributed by atoms with E-state index >= 15 is 0 Å². The van der Waals surface area contributed by atoms with Gasteiger partial charge in [-0.25, -0.2) is 0 Å². The molecule has 0 aliphatic rings. The predicted octanol–water partition coefficient (Wildman–Crippen LogP) is 1.25. The minimum absolute atomic E-state index is 0.423. The molecule has 0 heterocycles. The largest absolute Gasteiger partial charge is 0.415 e. The number of alkyl halides is 3. The summed E-state index contributed by atoms with van der Waals surface area (Å²) >= 11 is 1.64. The lowest BCUT2D eigenvalue weighted by Crippen LogP contribution is -2.39. The van der Waals surface area contributed by atoms with Crippen LogP contribution in [-0.2, 0) is 0 Å². The van der Waals surface area contributed by atoms with E-state index in [-0.39, 0.29) is 0 Å². The number of nitrogens with one attached hydrogen (secondary N) is 1. The van der Waals surface area contributed by atoms with E-state index in [2.05, 4.69) is 5.32 Å². The zero-order valence-corrected chi connectivity index (χ0v) is 8.21. The van der Waals surface area contributed by atoms with Gasteiger partial charge in [0.15, 0.2) is 6.10 Å². The van der Waals surface area contributed by atoms with Gasteiger partial charge >= 0.3 is 6.18 Å². The Morgan fingerprint density at radius 3 is 2.54 bits per heavy atom. The SMILES string of the molecule is CCSCCNCC(O)C(F)(F)F. The Morgan fingerprint density at radius 1 is 1.46 bits per heavy atom. The fourth-order valence-corrected chi connectivity index (χ4v) is 1.22. The summed E-state index contributed by atoms with van der Waals surface area (Å²) in [6.07, 6.45) is -6.76. The topological polar surface area (TPSA) is 32.3 Å². The molecule has 13 heavy (non-hydrogen) atoms. The molecule has 0 spiro atoms. The molecule has 0 saturated carbocycles. The van der Waals surface area contributed by atoms with Crippen molar-refractivity contribution in [3.05, 3.63) is 0 Å². The first kappa shape index (κ1) is 13.1. The Hall–Kier alpha value is 0.0600. The van der Waals surface area contributed by atoms with Crippen LogP contribution in [0.4, 0.5) is 13.2 Å². The van der Waals surface area contributed by atoms with Gasteiger partial charge in [-0.1, -0.05) is 6.92 Å². The summed E-state index contributed by atoms with van der Waals surface area (Å²) in [6, 6.07) is 0. The van der Waals surface area contributed by atoms with Gasteiger partial charge in [-0.15, -0.1) is 0 Å². The zero-order valence-electron chi connectivity index (χ0n) is 7.40. The first-order valence-electron chi connectivity index (χ1n) is 4.01. The predicted molar refractivity (Wildman–Crippen MR) is 47.9 cm³/mol. The lowest BCUT2D eigenvalue weighted by molar-refractivity contribution is -0.201. The molecule has 0 aliphatic carbocycles. The molecule has 0 saturated heterocycles. The highest BCUT2D eigenvalue weighted by atomic mass is 32.2. The summed E-state index contributed by atoms with van der Waals surface area (Å²) in [5, 5.41) is 11.1. The van der Waals surface area contributed by atoms with E-state index in [9.17, 15) is 13.2 Å². The molecule has 0 rings (SSSR count). The van der Waals surface area contributed by atoms with Crippen molar-refractivity contribution >= 4 is 11.8 Å². The van der Waals surface area contributed by atoms with E-state index in [4.69, 9.17) is 5.11 Å². The molecule has 0 aromatic carbocycles. The molecule has 80 valence electrons. The number of hydrogen-bond acceptors (Lipinski definition) is 3. The van der Waals surface area contributed by atoms with Crippen LogP contribution in [-0.4, -0.2) is 42.0 Å². The third-order valence-corrected chi connectivity index (χ3v) is 2.24. The quantitative estimate of drug-likeness (QED) is 0.657. The van der Waals surface area contributed by atoms with Gasteiger partial charge in [0.1, 0.15) is 0 Å². The zero-order chi connectivity index (χ0) is 10.3. The molecule has 6 heteroatoms. The lowest BCUT2D eigenvalue weighted by atomic mass is 10.3. The van der Waals surface area contributed by atoms with Crippen molar-refractivity contribution in [3.63, 3.8) is 0 Å². The highest BCUT2D eigenvalue weighted by Gasteiger charge is 2.37. The molecule has 0 radical (unpaired) electrons. The molecule has 0 aliphatic heterocycles. The monoisotopic (exact) mass is 217 g/mol. The van der Waals surface area contributed by atoms with Crippen LogP contribution in [0.1, 0.15) is 6.92 Å². The maximum absolute atomic E-state index is 11.7. The van der Waals surface area contributed by atoms with Gasteiger partial charge in [0.25, 0.3) is 0 Å². The van der Waals surface area contributed by atoms with E-state index in [1.165, 1.54) is 0 Å². The van der Waals surface area contributed by atoms with Crippen molar-refractivity contribution in [2.75, 3.05) is 24.6 Å². The number of thioether (sulfide) groups is 1. The van der Waals surface area contributed by atoms with E-state index in [0.29, 0.717) is 6.54 Å². The second-order valence-corrected chi connectivity index (χ2v) is 3.85. The Labute approximate surface area is 79.9 Å². The van der Waals surface area contributed by atoms with Crippen molar-refractivity contribution in [1.82, 2.24) is 5.32 Å². The first-order valence-corrected chi connectivity index (χ1v) is 5.17. The van der Waals surface area contributed by atoms with Crippen molar-refractivity contribution in [2.24, 2.45) is 0 Å². The van der Waals surface area contributed by atoms with E-state index in [1.807, 2.05) is 6.92 Å². The molecular weight excluding hydrogens is 203 g/mol. The van der Waals surface area contributed by atoms with Gasteiger partial charge in [-0.05, 0) is 5.75 Å². The maximum atomic E-state index is 11.7. The van der Waals surface area contributed by atoms with Crippen LogP contribution < -0.4 is 5.32 Å². The number of halogens is 3. The second-order valence-electron chi connectivity index (χ2n) is 2.46. The van der Waals surface area contributed by atoms with Crippen LogP contribution in [0, 0.1) is 0 Å². The Morgan fingerprint density at radius 2 is 2.08 bits per heavy atom. The van der Waals surface area contributed by atoms with Gasteiger partial charge in [0, 0.05) is 18.8 Å². The summed E-state index contributed by atoms with van der Waals surface area (Å²) in [7, 11) is 0. The number of hydrogen-bond donors (Lipinski definition) is 2. The van der Waals surface area contributed by atoms with Crippen LogP contribution in [0.3, 0.4) is 0 Å². The van der Waals surface area contributed by atoms with Gasteiger partial charge in [-0.3, -0.25) is 0 Å². The minimum atomic E-state index is -4.51. The standard InChI is InChI=1S/C7H14F3NOS/c1-2-13-4-3-11-5-6(12)7(8,9)10/h6,11-12H,2-5H2,1H3. The van der Waals surface area contributed by atoms with E-state index < -0.39 is 18.8 Å². The van der Waals surface area contributed by atoms with Gasteiger partial charge < -0.3 is 10.4 Å². The average Bonchev–Trinajstić information content (AvgIpc) is 2.02. The Kier molecular flexibility index (Phi) is 6.53. The smallest absolute Gasteiger partial charge is 0.382 e. The maximum Gasteiger partial charge on any atom is 0.415 e. The molecular formula is C7H14F3NOS. The van der Waals surface area contributed by atoms with Crippen LogP contribution in [0.2, 0.25) is 0 Å². The third kappa shape index (κ3) is 7.16. The molecule has 2 nitrogen and oxygen atoms in total. The Bertz CT molecular complexity index is 131. The normalized spacial score (nSPS) is 14.5. The molecule has 0 aromatic rings. The lowest BCUT2D eigenvalue weighted by Gasteiger charge is -2.14. The fraction of sp³-hybridized carbons (Fsp3) is 1.00. The molecule has 2 N–H and O–H groups in total. The van der Waals surface area contributed by atoms with Crippen molar-refractivity contribution in [3.8, 4) is 0 Å². The molecule has 0 fully saturated rings. The molecule has 0 bridgehead atoms. The summed E-state index contributed by atoms with van der Waals surface area (Å²) in [6.45, 7) is 2.05. The van der Waals surface area contributed by atoms with Gasteiger partial charge in [0.2, 0.25) is 0 Å². The van der Waals surface area contributed by atoms with Crippen molar-refractivity contribution in [2.45, 2.75) is 19.2 Å². The number of aliphatic hydroxyl groups is 1. The molecule has 0 aromatic heterocycles. The van der Waals surface area contributed by atoms with Gasteiger partial charge in [-0.2, -0.15) is 24.9 Å². The summed E-state index contributed by atoms with van der Waals surface area (Å²) in [4.78, 5) is 0. The summed E-state index contributed by atoms with van der Waals surface area (Å²) in [5.41, 5.74) is 0. The van der Waals surface area contributed by atoms with E-state index in [1.54, 1.807) is 11.8 Å². The van der Waals surface area contributed by atoms with Crippen molar-refractivity contribution < 1.29 is 18.3 Å². The van der Waals surface area contributed by atoms with Crippen LogP contribution >= 0.6 is 11.8 Å². The average molecular weight is 217 g/mol. The van der Waals surface area contributed by atoms with E-state index in [0.717, 1.165) is 11.5 Å². The number of aliphatic hydroxyl groups excluding tert-OH is 1. The minimum Gasteiger partial charge on any atom is -0.382 e. The third-order valence-electron chi connectivity index (χ3n) is 1.34. The fourth-order valence-electron chi connectivity index (χ4n) is 0.643. The van der Waals surface area contributed by atoms with Crippen molar-refractivity contribution in [1.29, 1.82) is 0 Å². The molecule has 1 unspecified atom stereocenters. The summed E-state index contributed by atoms with van der Waals surface area (Å²) < 4.78 is 35.2. The number of rotatable bonds is 6. The highest BCUT2D eigenvalue weighted by Crippen LogP contribution is 2.18.